The van der Waals surface area contributed by atoms with Gasteiger partial charge in [0.25, 0.3) is 5.56 Å². The van der Waals surface area contributed by atoms with Crippen LogP contribution in [0.4, 0.5) is 0 Å². The van der Waals surface area contributed by atoms with Crippen LogP contribution in [0.3, 0.4) is 0 Å². The number of nitrogens with zero attached hydrogens (tertiary/aromatic N) is 2. The van der Waals surface area contributed by atoms with Gasteiger partial charge in [0.15, 0.2) is 5.16 Å². The number of rotatable bonds is 6. The van der Waals surface area contributed by atoms with Gasteiger partial charge in [-0.3, -0.25) is 14.2 Å². The molecule has 1 heterocycles. The second kappa shape index (κ2) is 8.67. The zero-order chi connectivity index (χ0) is 21.1. The Bertz CT molecular complexity index is 1160. The van der Waals surface area contributed by atoms with E-state index in [1.54, 1.807) is 19.1 Å². The Morgan fingerprint density at radius 1 is 1.28 bits per heavy atom. The summed E-state index contributed by atoms with van der Waals surface area (Å²) in [4.78, 5) is 41.1. The Morgan fingerprint density at radius 3 is 2.66 bits per heavy atom. The van der Waals surface area contributed by atoms with Crippen molar-refractivity contribution in [3.05, 3.63) is 69.0 Å². The van der Waals surface area contributed by atoms with Gasteiger partial charge in [-0.25, -0.2) is 9.78 Å². The summed E-state index contributed by atoms with van der Waals surface area (Å²) in [5.41, 5.74) is 6.40. The Kier molecular flexibility index (Phi) is 6.24. The molecule has 1 atom stereocenters. The van der Waals surface area contributed by atoms with E-state index in [0.717, 1.165) is 17.3 Å². The minimum atomic E-state index is -0.611. The fourth-order valence-electron chi connectivity index (χ4n) is 2.69. The number of esters is 1. The SMILES string of the molecule is COC(=O)c1ccc2c(=O)n(Cc3ccccc3Cl)c(SC(C)C(N)=O)nc2c1. The molecule has 7 nitrogen and oxygen atoms in total. The summed E-state index contributed by atoms with van der Waals surface area (Å²) in [5, 5.41) is 0.539. The molecule has 0 spiro atoms. The van der Waals surface area contributed by atoms with E-state index in [9.17, 15) is 14.4 Å². The number of amides is 1. The van der Waals surface area contributed by atoms with Crippen molar-refractivity contribution in [2.45, 2.75) is 23.9 Å². The molecule has 29 heavy (non-hydrogen) atoms. The van der Waals surface area contributed by atoms with Gasteiger partial charge in [-0.05, 0) is 36.8 Å². The predicted octanol–water partition coefficient (Wildman–Crippen LogP) is 2.85. The zero-order valence-electron chi connectivity index (χ0n) is 15.7. The molecule has 0 fully saturated rings. The molecule has 2 N–H and O–H groups in total. The highest BCUT2D eigenvalue weighted by molar-refractivity contribution is 8.00. The van der Waals surface area contributed by atoms with Crippen molar-refractivity contribution < 1.29 is 14.3 Å². The third-order valence-corrected chi connectivity index (χ3v) is 5.79. The minimum Gasteiger partial charge on any atom is -0.465 e. The van der Waals surface area contributed by atoms with E-state index in [1.807, 2.05) is 12.1 Å². The molecular formula is C20H18ClN3O4S. The molecule has 0 bridgehead atoms. The van der Waals surface area contributed by atoms with Gasteiger partial charge in [-0.1, -0.05) is 41.6 Å². The van der Waals surface area contributed by atoms with Gasteiger partial charge < -0.3 is 10.5 Å². The number of thioether (sulfide) groups is 1. The maximum atomic E-state index is 13.2. The topological polar surface area (TPSA) is 104 Å². The number of halogens is 1. The quantitative estimate of drug-likeness (QED) is 0.365. The van der Waals surface area contributed by atoms with Crippen molar-refractivity contribution in [3.63, 3.8) is 0 Å². The van der Waals surface area contributed by atoms with Crippen LogP contribution in [0.15, 0.2) is 52.4 Å². The van der Waals surface area contributed by atoms with Crippen molar-refractivity contribution in [2.24, 2.45) is 5.73 Å². The Hall–Kier alpha value is -2.84. The van der Waals surface area contributed by atoms with Crippen molar-refractivity contribution in [1.29, 1.82) is 0 Å². The molecule has 0 aliphatic heterocycles. The van der Waals surface area contributed by atoms with Gasteiger partial charge in [0, 0.05) is 5.02 Å². The first kappa shape index (κ1) is 20.9. The molecule has 0 aliphatic carbocycles. The van der Waals surface area contributed by atoms with Crippen LogP contribution in [0.2, 0.25) is 5.02 Å². The van der Waals surface area contributed by atoms with Crippen LogP contribution in [0.5, 0.6) is 0 Å². The molecule has 3 rings (SSSR count). The van der Waals surface area contributed by atoms with Crippen LogP contribution in [-0.4, -0.2) is 33.8 Å². The van der Waals surface area contributed by atoms with Crippen molar-refractivity contribution in [1.82, 2.24) is 9.55 Å². The van der Waals surface area contributed by atoms with E-state index in [0.29, 0.717) is 21.1 Å². The fourth-order valence-corrected chi connectivity index (χ4v) is 3.74. The zero-order valence-corrected chi connectivity index (χ0v) is 17.3. The number of aromatic nitrogens is 2. The lowest BCUT2D eigenvalue weighted by molar-refractivity contribution is -0.117. The predicted molar refractivity (Wildman–Crippen MR) is 112 cm³/mol. The van der Waals surface area contributed by atoms with Gasteiger partial charge in [0.05, 0.1) is 35.4 Å². The monoisotopic (exact) mass is 431 g/mol. The van der Waals surface area contributed by atoms with E-state index in [4.69, 9.17) is 22.1 Å². The summed E-state index contributed by atoms with van der Waals surface area (Å²) in [6, 6.07) is 11.7. The number of hydrogen-bond acceptors (Lipinski definition) is 6. The van der Waals surface area contributed by atoms with Gasteiger partial charge in [0.1, 0.15) is 0 Å². The lowest BCUT2D eigenvalue weighted by Crippen LogP contribution is -2.27. The van der Waals surface area contributed by atoms with Crippen LogP contribution < -0.4 is 11.3 Å². The van der Waals surface area contributed by atoms with Gasteiger partial charge >= 0.3 is 5.97 Å². The second-order valence-electron chi connectivity index (χ2n) is 6.26. The number of fused-ring (bicyclic) bond motifs is 1. The average Bonchev–Trinajstić information content (AvgIpc) is 2.71. The highest BCUT2D eigenvalue weighted by Gasteiger charge is 2.19. The summed E-state index contributed by atoms with van der Waals surface area (Å²) in [6.45, 7) is 1.81. The van der Waals surface area contributed by atoms with Gasteiger partial charge in [-0.2, -0.15) is 0 Å². The molecule has 0 saturated carbocycles. The third kappa shape index (κ3) is 4.44. The van der Waals surface area contributed by atoms with Gasteiger partial charge in [-0.15, -0.1) is 0 Å². The van der Waals surface area contributed by atoms with Crippen LogP contribution in [0, 0.1) is 0 Å². The first-order valence-corrected chi connectivity index (χ1v) is 9.90. The molecule has 0 aliphatic rings. The summed E-state index contributed by atoms with van der Waals surface area (Å²) in [7, 11) is 1.28. The minimum absolute atomic E-state index is 0.175. The lowest BCUT2D eigenvalue weighted by atomic mass is 10.1. The third-order valence-electron chi connectivity index (χ3n) is 4.31. The number of benzene rings is 2. The molecule has 1 amide bonds. The molecule has 3 aromatic rings. The van der Waals surface area contributed by atoms with E-state index < -0.39 is 17.1 Å². The van der Waals surface area contributed by atoms with Crippen LogP contribution in [0.1, 0.15) is 22.8 Å². The summed E-state index contributed by atoms with van der Waals surface area (Å²) in [6.07, 6.45) is 0. The molecule has 1 aromatic heterocycles. The number of ether oxygens (including phenoxy) is 1. The van der Waals surface area contributed by atoms with Crippen LogP contribution in [-0.2, 0) is 16.1 Å². The number of primary amides is 1. The smallest absolute Gasteiger partial charge is 0.337 e. The maximum Gasteiger partial charge on any atom is 0.337 e. The normalized spacial score (nSPS) is 12.0. The molecule has 9 heteroatoms. The molecule has 2 aromatic carbocycles. The molecule has 0 saturated heterocycles. The Labute approximate surface area is 175 Å². The average molecular weight is 432 g/mol. The fraction of sp³-hybridized carbons (Fsp3) is 0.200. The van der Waals surface area contributed by atoms with Crippen LogP contribution in [0.25, 0.3) is 10.9 Å². The lowest BCUT2D eigenvalue weighted by Gasteiger charge is -2.16. The largest absolute Gasteiger partial charge is 0.465 e. The van der Waals surface area contributed by atoms with Gasteiger partial charge in [0.2, 0.25) is 5.91 Å². The van der Waals surface area contributed by atoms with E-state index in [-0.39, 0.29) is 17.7 Å². The Balaban J connectivity index is 2.19. The van der Waals surface area contributed by atoms with E-state index in [2.05, 4.69) is 4.98 Å². The molecular weight excluding hydrogens is 414 g/mol. The number of hydrogen-bond donors (Lipinski definition) is 1. The number of methoxy groups -OCH3 is 1. The van der Waals surface area contributed by atoms with Crippen LogP contribution >= 0.6 is 23.4 Å². The number of nitrogens with two attached hydrogens (primary N) is 1. The van der Waals surface area contributed by atoms with Crippen molar-refractivity contribution in [3.8, 4) is 0 Å². The maximum absolute atomic E-state index is 13.2. The highest BCUT2D eigenvalue weighted by Crippen LogP contribution is 2.25. The summed E-state index contributed by atoms with van der Waals surface area (Å²) < 4.78 is 6.18. The summed E-state index contributed by atoms with van der Waals surface area (Å²) in [5.74, 6) is -1.06. The molecule has 1 unspecified atom stereocenters. The Morgan fingerprint density at radius 2 is 2.00 bits per heavy atom. The highest BCUT2D eigenvalue weighted by atomic mass is 35.5. The second-order valence-corrected chi connectivity index (χ2v) is 7.98. The molecule has 150 valence electrons. The van der Waals surface area contributed by atoms with E-state index >= 15 is 0 Å². The number of carbonyl (C=O) groups excluding carboxylic acids is 2. The van der Waals surface area contributed by atoms with E-state index in [1.165, 1.54) is 29.9 Å². The molecule has 0 radical (unpaired) electrons. The standard InChI is InChI=1S/C20H18ClN3O4S/c1-11(17(22)25)29-20-23-16-9-12(19(27)28-2)7-8-14(16)18(26)24(20)10-13-5-3-4-6-15(13)21/h3-9,11H,10H2,1-2H3,(H2,22,25). The number of carbonyl (C=O) groups is 2. The van der Waals surface area contributed by atoms with Crippen molar-refractivity contribution in [2.75, 3.05) is 7.11 Å². The first-order valence-electron chi connectivity index (χ1n) is 8.64. The summed E-state index contributed by atoms with van der Waals surface area (Å²) >= 11 is 7.33. The first-order chi connectivity index (χ1) is 13.8. The van der Waals surface area contributed by atoms with Crippen molar-refractivity contribution >= 4 is 46.1 Å².